The normalized spacial score (nSPS) is 21.0. The third kappa shape index (κ3) is 3.85. The SMILES string of the molecule is NC(CNC(=O)c1ccc(C2CCCCC2)cc1)C1CC1. The zero-order valence-electron chi connectivity index (χ0n) is 12.7. The van der Waals surface area contributed by atoms with Gasteiger partial charge in [0.15, 0.2) is 0 Å². The monoisotopic (exact) mass is 286 g/mol. The van der Waals surface area contributed by atoms with E-state index in [0.29, 0.717) is 18.4 Å². The summed E-state index contributed by atoms with van der Waals surface area (Å²) in [7, 11) is 0. The maximum absolute atomic E-state index is 12.1. The van der Waals surface area contributed by atoms with Gasteiger partial charge in [-0.3, -0.25) is 4.79 Å². The van der Waals surface area contributed by atoms with Gasteiger partial charge in [-0.05, 0) is 55.2 Å². The molecule has 0 aromatic heterocycles. The smallest absolute Gasteiger partial charge is 0.251 e. The highest BCUT2D eigenvalue weighted by molar-refractivity contribution is 5.94. The first-order valence-electron chi connectivity index (χ1n) is 8.38. The van der Waals surface area contributed by atoms with Gasteiger partial charge in [-0.25, -0.2) is 0 Å². The Morgan fingerprint density at radius 3 is 2.38 bits per heavy atom. The van der Waals surface area contributed by atoms with Gasteiger partial charge in [0, 0.05) is 18.2 Å². The van der Waals surface area contributed by atoms with Crippen LogP contribution in [0.4, 0.5) is 0 Å². The van der Waals surface area contributed by atoms with E-state index in [4.69, 9.17) is 5.73 Å². The fourth-order valence-electron chi connectivity index (χ4n) is 3.35. The topological polar surface area (TPSA) is 55.1 Å². The second-order valence-electron chi connectivity index (χ2n) is 6.67. The van der Waals surface area contributed by atoms with Crippen LogP contribution in [0.15, 0.2) is 24.3 Å². The summed E-state index contributed by atoms with van der Waals surface area (Å²) < 4.78 is 0. The van der Waals surface area contributed by atoms with Gasteiger partial charge in [-0.2, -0.15) is 0 Å². The van der Waals surface area contributed by atoms with Crippen LogP contribution >= 0.6 is 0 Å². The van der Waals surface area contributed by atoms with Gasteiger partial charge < -0.3 is 11.1 Å². The van der Waals surface area contributed by atoms with Crippen LogP contribution in [0, 0.1) is 5.92 Å². The molecule has 3 rings (SSSR count). The standard InChI is InChI=1S/C18H26N2O/c19-17(15-8-9-15)12-20-18(21)16-10-6-14(7-11-16)13-4-2-1-3-5-13/h6-7,10-11,13,15,17H,1-5,8-9,12,19H2,(H,20,21). The molecule has 21 heavy (non-hydrogen) atoms. The largest absolute Gasteiger partial charge is 0.350 e. The number of benzene rings is 1. The van der Waals surface area contributed by atoms with Gasteiger partial charge in [0.25, 0.3) is 5.91 Å². The maximum atomic E-state index is 12.1. The molecule has 0 spiro atoms. The molecule has 0 bridgehead atoms. The lowest BCUT2D eigenvalue weighted by Gasteiger charge is -2.22. The molecule has 0 radical (unpaired) electrons. The molecule has 1 amide bonds. The van der Waals surface area contributed by atoms with E-state index in [2.05, 4.69) is 17.4 Å². The molecule has 2 fully saturated rings. The quantitative estimate of drug-likeness (QED) is 0.873. The number of nitrogens with two attached hydrogens (primary N) is 1. The third-order valence-corrected chi connectivity index (χ3v) is 4.98. The Hall–Kier alpha value is -1.35. The number of hydrogen-bond acceptors (Lipinski definition) is 2. The lowest BCUT2D eigenvalue weighted by molar-refractivity contribution is 0.0950. The van der Waals surface area contributed by atoms with Crippen LogP contribution in [-0.2, 0) is 0 Å². The fraction of sp³-hybridized carbons (Fsp3) is 0.611. The summed E-state index contributed by atoms with van der Waals surface area (Å²) in [5.41, 5.74) is 8.15. The van der Waals surface area contributed by atoms with E-state index in [-0.39, 0.29) is 11.9 Å². The maximum Gasteiger partial charge on any atom is 0.251 e. The molecule has 1 aromatic rings. The Balaban J connectivity index is 1.53. The van der Waals surface area contributed by atoms with Gasteiger partial charge in [0.2, 0.25) is 0 Å². The van der Waals surface area contributed by atoms with Crippen LogP contribution in [0.1, 0.15) is 66.8 Å². The van der Waals surface area contributed by atoms with E-state index in [1.165, 1.54) is 50.5 Å². The molecular weight excluding hydrogens is 260 g/mol. The fourth-order valence-corrected chi connectivity index (χ4v) is 3.35. The van der Waals surface area contributed by atoms with Crippen molar-refractivity contribution in [2.45, 2.75) is 56.9 Å². The molecule has 0 aliphatic heterocycles. The van der Waals surface area contributed by atoms with Gasteiger partial charge in [-0.15, -0.1) is 0 Å². The van der Waals surface area contributed by atoms with E-state index >= 15 is 0 Å². The third-order valence-electron chi connectivity index (χ3n) is 4.98. The van der Waals surface area contributed by atoms with Crippen molar-refractivity contribution in [3.8, 4) is 0 Å². The Labute approximate surface area is 127 Å². The van der Waals surface area contributed by atoms with Crippen molar-refractivity contribution >= 4 is 5.91 Å². The predicted molar refractivity (Wildman–Crippen MR) is 85.3 cm³/mol. The first-order valence-corrected chi connectivity index (χ1v) is 8.38. The summed E-state index contributed by atoms with van der Waals surface area (Å²) in [6.45, 7) is 0.591. The molecule has 0 heterocycles. The van der Waals surface area contributed by atoms with Crippen molar-refractivity contribution in [1.82, 2.24) is 5.32 Å². The van der Waals surface area contributed by atoms with E-state index in [9.17, 15) is 4.79 Å². The molecule has 3 N–H and O–H groups in total. The lowest BCUT2D eigenvalue weighted by Crippen LogP contribution is -2.38. The van der Waals surface area contributed by atoms with Gasteiger partial charge >= 0.3 is 0 Å². The predicted octanol–water partition coefficient (Wildman–Crippen LogP) is 3.20. The molecule has 1 atom stereocenters. The van der Waals surface area contributed by atoms with Crippen LogP contribution in [0.2, 0.25) is 0 Å². The Bertz CT molecular complexity index is 472. The molecule has 0 saturated heterocycles. The van der Waals surface area contributed by atoms with Gasteiger partial charge in [0.1, 0.15) is 0 Å². The van der Waals surface area contributed by atoms with Crippen molar-refractivity contribution in [1.29, 1.82) is 0 Å². The Morgan fingerprint density at radius 1 is 1.10 bits per heavy atom. The van der Waals surface area contributed by atoms with E-state index in [0.717, 1.165) is 5.56 Å². The molecule has 114 valence electrons. The number of hydrogen-bond donors (Lipinski definition) is 2. The number of carbonyl (C=O) groups excluding carboxylic acids is 1. The summed E-state index contributed by atoms with van der Waals surface area (Å²) in [5.74, 6) is 1.32. The first-order chi connectivity index (χ1) is 10.2. The minimum atomic E-state index is 0.00120. The zero-order valence-corrected chi connectivity index (χ0v) is 12.7. The van der Waals surface area contributed by atoms with Gasteiger partial charge in [0.05, 0.1) is 0 Å². The minimum Gasteiger partial charge on any atom is -0.350 e. The van der Waals surface area contributed by atoms with Crippen LogP contribution < -0.4 is 11.1 Å². The second kappa shape index (κ2) is 6.61. The molecular formula is C18H26N2O. The lowest BCUT2D eigenvalue weighted by atomic mass is 9.84. The van der Waals surface area contributed by atoms with Crippen LogP contribution in [0.25, 0.3) is 0 Å². The highest BCUT2D eigenvalue weighted by Crippen LogP contribution is 2.32. The molecule has 1 aromatic carbocycles. The summed E-state index contributed by atoms with van der Waals surface area (Å²) in [6.07, 6.45) is 9.07. The van der Waals surface area contributed by atoms with Crippen molar-refractivity contribution in [2.24, 2.45) is 11.7 Å². The molecule has 3 nitrogen and oxygen atoms in total. The molecule has 2 aliphatic rings. The summed E-state index contributed by atoms with van der Waals surface area (Å²) in [5, 5.41) is 2.96. The molecule has 3 heteroatoms. The first kappa shape index (κ1) is 14.6. The second-order valence-corrected chi connectivity index (χ2v) is 6.67. The van der Waals surface area contributed by atoms with E-state index < -0.39 is 0 Å². The number of nitrogens with one attached hydrogen (secondary N) is 1. The summed E-state index contributed by atoms with van der Waals surface area (Å²) >= 11 is 0. The molecule has 2 saturated carbocycles. The van der Waals surface area contributed by atoms with Crippen molar-refractivity contribution in [3.63, 3.8) is 0 Å². The van der Waals surface area contributed by atoms with Crippen molar-refractivity contribution in [3.05, 3.63) is 35.4 Å². The Kier molecular flexibility index (Phi) is 4.59. The average Bonchev–Trinajstić information content (AvgIpc) is 3.38. The zero-order chi connectivity index (χ0) is 14.7. The van der Waals surface area contributed by atoms with Crippen LogP contribution in [0.5, 0.6) is 0 Å². The highest BCUT2D eigenvalue weighted by Gasteiger charge is 2.28. The van der Waals surface area contributed by atoms with Crippen LogP contribution in [0.3, 0.4) is 0 Å². The summed E-state index contributed by atoms with van der Waals surface area (Å²) in [6, 6.07) is 8.30. The number of carbonyl (C=O) groups is 1. The van der Waals surface area contributed by atoms with Crippen molar-refractivity contribution in [2.75, 3.05) is 6.54 Å². The molecule has 2 aliphatic carbocycles. The Morgan fingerprint density at radius 2 is 1.76 bits per heavy atom. The highest BCUT2D eigenvalue weighted by atomic mass is 16.1. The number of amides is 1. The minimum absolute atomic E-state index is 0.00120. The van der Waals surface area contributed by atoms with E-state index in [1.807, 2.05) is 12.1 Å². The van der Waals surface area contributed by atoms with E-state index in [1.54, 1.807) is 0 Å². The average molecular weight is 286 g/mol. The van der Waals surface area contributed by atoms with Crippen LogP contribution in [-0.4, -0.2) is 18.5 Å². The number of rotatable bonds is 5. The molecule has 1 unspecified atom stereocenters. The summed E-state index contributed by atoms with van der Waals surface area (Å²) in [4.78, 5) is 12.1. The van der Waals surface area contributed by atoms with Gasteiger partial charge in [-0.1, -0.05) is 31.4 Å². The van der Waals surface area contributed by atoms with Crippen molar-refractivity contribution < 1.29 is 4.79 Å².